The minimum absolute atomic E-state index is 0.0675. The molecule has 1 atom stereocenters. The van der Waals surface area contributed by atoms with Crippen LogP contribution in [0.5, 0.6) is 0 Å². The lowest BCUT2D eigenvalue weighted by molar-refractivity contribution is 0.217. The molecule has 0 aliphatic carbocycles. The van der Waals surface area contributed by atoms with Gasteiger partial charge in [0, 0.05) is 13.1 Å². The van der Waals surface area contributed by atoms with Crippen molar-refractivity contribution in [1.82, 2.24) is 4.31 Å². The van der Waals surface area contributed by atoms with Gasteiger partial charge in [-0.1, -0.05) is 19.1 Å². The van der Waals surface area contributed by atoms with Crippen molar-refractivity contribution in [3.05, 3.63) is 0 Å². The Morgan fingerprint density at radius 3 is 2.06 bits per heavy atom. The standard InChI is InChI=1S/C8H18N2O4S2/c1-2-7(8(9)15)16(13,14)10(3-5-11)4-6-12/h7,11-12H,2-6H2,1H3,(H2,9,15). The summed E-state index contributed by atoms with van der Waals surface area (Å²) < 4.78 is 25.0. The van der Waals surface area contributed by atoms with Crippen LogP contribution in [0.25, 0.3) is 0 Å². The van der Waals surface area contributed by atoms with E-state index in [9.17, 15) is 8.42 Å². The predicted octanol–water partition coefficient (Wildman–Crippen LogP) is -1.33. The van der Waals surface area contributed by atoms with E-state index >= 15 is 0 Å². The topological polar surface area (TPSA) is 104 Å². The summed E-state index contributed by atoms with van der Waals surface area (Å²) >= 11 is 4.70. The molecule has 0 spiro atoms. The molecule has 0 aromatic carbocycles. The molecule has 8 heteroatoms. The van der Waals surface area contributed by atoms with Crippen molar-refractivity contribution in [1.29, 1.82) is 0 Å². The van der Waals surface area contributed by atoms with Gasteiger partial charge in [-0.05, 0) is 6.42 Å². The van der Waals surface area contributed by atoms with E-state index in [4.69, 9.17) is 28.2 Å². The summed E-state index contributed by atoms with van der Waals surface area (Å²) in [5.41, 5.74) is 5.36. The van der Waals surface area contributed by atoms with Crippen LogP contribution in [0.1, 0.15) is 13.3 Å². The molecule has 0 rings (SSSR count). The molecule has 0 aromatic heterocycles. The first kappa shape index (κ1) is 15.7. The molecule has 16 heavy (non-hydrogen) atoms. The van der Waals surface area contributed by atoms with Gasteiger partial charge < -0.3 is 15.9 Å². The van der Waals surface area contributed by atoms with Gasteiger partial charge in [0.05, 0.1) is 18.2 Å². The van der Waals surface area contributed by atoms with Gasteiger partial charge in [0.25, 0.3) is 0 Å². The zero-order valence-corrected chi connectivity index (χ0v) is 10.8. The van der Waals surface area contributed by atoms with E-state index in [1.807, 2.05) is 0 Å². The smallest absolute Gasteiger partial charge is 0.223 e. The number of thiocarbonyl (C=S) groups is 1. The van der Waals surface area contributed by atoms with Crippen LogP contribution in [0.4, 0.5) is 0 Å². The van der Waals surface area contributed by atoms with E-state index in [1.165, 1.54) is 0 Å². The number of hydrogen-bond acceptors (Lipinski definition) is 5. The monoisotopic (exact) mass is 270 g/mol. The highest BCUT2D eigenvalue weighted by atomic mass is 32.2. The maximum Gasteiger partial charge on any atom is 0.223 e. The molecule has 0 fully saturated rings. The largest absolute Gasteiger partial charge is 0.395 e. The molecule has 0 aliphatic rings. The third kappa shape index (κ3) is 3.95. The Balaban J connectivity index is 5.02. The van der Waals surface area contributed by atoms with Crippen LogP contribution in [0, 0.1) is 0 Å². The second-order valence-corrected chi connectivity index (χ2v) is 5.78. The van der Waals surface area contributed by atoms with Gasteiger partial charge in [-0.2, -0.15) is 4.31 Å². The summed E-state index contributed by atoms with van der Waals surface area (Å²) in [5, 5.41) is 16.6. The van der Waals surface area contributed by atoms with Crippen molar-refractivity contribution in [3.63, 3.8) is 0 Å². The first-order valence-corrected chi connectivity index (χ1v) is 6.82. The van der Waals surface area contributed by atoms with E-state index in [-0.39, 0.29) is 37.7 Å². The highest BCUT2D eigenvalue weighted by Gasteiger charge is 2.32. The first-order valence-electron chi connectivity index (χ1n) is 4.91. The van der Waals surface area contributed by atoms with E-state index in [0.29, 0.717) is 0 Å². The number of nitrogens with two attached hydrogens (primary N) is 1. The fourth-order valence-electron chi connectivity index (χ4n) is 1.33. The third-order valence-corrected chi connectivity index (χ3v) is 4.93. The Hall–Kier alpha value is -0.280. The SMILES string of the molecule is CCC(C(N)=S)S(=O)(=O)N(CCO)CCO. The summed E-state index contributed by atoms with van der Waals surface area (Å²) in [6, 6.07) is 0. The summed E-state index contributed by atoms with van der Waals surface area (Å²) in [5.74, 6) is 0. The Morgan fingerprint density at radius 1 is 1.38 bits per heavy atom. The van der Waals surface area contributed by atoms with Gasteiger partial charge in [0.1, 0.15) is 5.25 Å². The van der Waals surface area contributed by atoms with Crippen LogP contribution in [0.3, 0.4) is 0 Å². The minimum atomic E-state index is -3.69. The lowest BCUT2D eigenvalue weighted by Crippen LogP contribution is -2.46. The molecule has 0 heterocycles. The van der Waals surface area contributed by atoms with Crippen LogP contribution >= 0.6 is 12.2 Å². The van der Waals surface area contributed by atoms with E-state index < -0.39 is 15.3 Å². The Morgan fingerprint density at radius 2 is 1.81 bits per heavy atom. The minimum Gasteiger partial charge on any atom is -0.395 e. The predicted molar refractivity (Wildman–Crippen MR) is 65.5 cm³/mol. The Labute approximate surface area is 101 Å². The van der Waals surface area contributed by atoms with Gasteiger partial charge >= 0.3 is 0 Å². The number of rotatable bonds is 8. The number of nitrogens with zero attached hydrogens (tertiary/aromatic N) is 1. The summed E-state index contributed by atoms with van der Waals surface area (Å²) in [4.78, 5) is -0.0941. The lowest BCUT2D eigenvalue weighted by atomic mass is 10.3. The average Bonchev–Trinajstić information content (AvgIpc) is 2.17. The van der Waals surface area contributed by atoms with Crippen molar-refractivity contribution in [2.24, 2.45) is 5.73 Å². The third-order valence-electron chi connectivity index (χ3n) is 2.11. The molecule has 6 nitrogen and oxygen atoms in total. The van der Waals surface area contributed by atoms with Crippen LogP contribution < -0.4 is 5.73 Å². The summed E-state index contributed by atoms with van der Waals surface area (Å²) in [6.45, 7) is 0.904. The van der Waals surface area contributed by atoms with Crippen molar-refractivity contribution < 1.29 is 18.6 Å². The van der Waals surface area contributed by atoms with E-state index in [2.05, 4.69) is 0 Å². The highest BCUT2D eigenvalue weighted by Crippen LogP contribution is 2.12. The molecular formula is C8H18N2O4S2. The fourth-order valence-corrected chi connectivity index (χ4v) is 3.61. The molecule has 96 valence electrons. The summed E-state index contributed by atoms with van der Waals surface area (Å²) in [7, 11) is -3.69. The van der Waals surface area contributed by atoms with Crippen molar-refractivity contribution in [3.8, 4) is 0 Å². The van der Waals surface area contributed by atoms with E-state index in [0.717, 1.165) is 4.31 Å². The number of aliphatic hydroxyl groups is 2. The fraction of sp³-hybridized carbons (Fsp3) is 0.875. The normalized spacial score (nSPS) is 14.0. The van der Waals surface area contributed by atoms with Crippen LogP contribution in [-0.2, 0) is 10.0 Å². The maximum atomic E-state index is 12.0. The van der Waals surface area contributed by atoms with Crippen LogP contribution in [-0.4, -0.2) is 59.5 Å². The number of aliphatic hydroxyl groups excluding tert-OH is 2. The molecule has 0 saturated carbocycles. The molecule has 0 saturated heterocycles. The molecule has 0 radical (unpaired) electrons. The first-order chi connectivity index (χ1) is 7.41. The second-order valence-electron chi connectivity index (χ2n) is 3.19. The second kappa shape index (κ2) is 7.13. The maximum absolute atomic E-state index is 12.0. The Kier molecular flexibility index (Phi) is 7.00. The summed E-state index contributed by atoms with van der Waals surface area (Å²) in [6.07, 6.45) is 0.269. The average molecular weight is 270 g/mol. The quantitative estimate of drug-likeness (QED) is 0.472. The number of hydrogen-bond donors (Lipinski definition) is 3. The van der Waals surface area contributed by atoms with Gasteiger partial charge in [-0.3, -0.25) is 0 Å². The molecular weight excluding hydrogens is 252 g/mol. The van der Waals surface area contributed by atoms with Crippen LogP contribution in [0.2, 0.25) is 0 Å². The van der Waals surface area contributed by atoms with Gasteiger partial charge in [-0.15, -0.1) is 0 Å². The van der Waals surface area contributed by atoms with E-state index in [1.54, 1.807) is 6.92 Å². The van der Waals surface area contributed by atoms with Gasteiger partial charge in [-0.25, -0.2) is 8.42 Å². The highest BCUT2D eigenvalue weighted by molar-refractivity contribution is 7.92. The Bertz CT molecular complexity index is 312. The van der Waals surface area contributed by atoms with Crippen LogP contribution in [0.15, 0.2) is 0 Å². The molecule has 0 aromatic rings. The van der Waals surface area contributed by atoms with Gasteiger partial charge in [0.15, 0.2) is 0 Å². The van der Waals surface area contributed by atoms with Crippen molar-refractivity contribution in [2.45, 2.75) is 18.6 Å². The molecule has 1 unspecified atom stereocenters. The van der Waals surface area contributed by atoms with Crippen molar-refractivity contribution >= 4 is 27.2 Å². The zero-order chi connectivity index (χ0) is 12.8. The zero-order valence-electron chi connectivity index (χ0n) is 9.16. The molecule has 0 bridgehead atoms. The lowest BCUT2D eigenvalue weighted by Gasteiger charge is -2.25. The number of sulfonamides is 1. The molecule has 0 aliphatic heterocycles. The molecule has 4 N–H and O–H groups in total. The van der Waals surface area contributed by atoms with Crippen molar-refractivity contribution in [2.75, 3.05) is 26.3 Å². The van der Waals surface area contributed by atoms with Gasteiger partial charge in [0.2, 0.25) is 10.0 Å². The molecule has 0 amide bonds.